The molecular weight excluding hydrogens is 340 g/mol. The zero-order valence-corrected chi connectivity index (χ0v) is 14.8. The highest BCUT2D eigenvalue weighted by Gasteiger charge is 2.08. The number of ether oxygens (including phenoxy) is 1. The predicted molar refractivity (Wildman–Crippen MR) is 103 cm³/mol. The predicted octanol–water partition coefficient (Wildman–Crippen LogP) is 3.87. The van der Waals surface area contributed by atoms with Crippen molar-refractivity contribution >= 4 is 17.2 Å². The van der Waals surface area contributed by atoms with Crippen LogP contribution in [0.3, 0.4) is 0 Å². The van der Waals surface area contributed by atoms with Crippen LogP contribution < -0.4 is 10.1 Å². The van der Waals surface area contributed by atoms with Crippen molar-refractivity contribution in [3.8, 4) is 5.75 Å². The van der Waals surface area contributed by atoms with Crippen LogP contribution in [0.25, 0.3) is 5.65 Å². The molecule has 1 amide bonds. The van der Waals surface area contributed by atoms with Gasteiger partial charge in [0.2, 0.25) is 0 Å². The molecule has 134 valence electrons. The number of hydrogen-bond donors (Lipinski definition) is 1. The number of rotatable bonds is 5. The third-order valence-electron chi connectivity index (χ3n) is 4.05. The lowest BCUT2D eigenvalue weighted by Crippen LogP contribution is -2.12. The second-order valence-electron chi connectivity index (χ2n) is 6.22. The number of aryl methyl sites for hydroxylation is 1. The standard InChI is InChI=1S/C21H18N4O2/c1-15-7-8-20-23-18(13-25(20)12-15)14-27-19-6-2-4-16(10-19)21(26)24-17-5-3-9-22-11-17/h2-13H,14H2,1H3,(H,24,26). The molecule has 0 spiro atoms. The molecule has 1 aromatic carbocycles. The Morgan fingerprint density at radius 2 is 2.07 bits per heavy atom. The van der Waals surface area contributed by atoms with E-state index >= 15 is 0 Å². The molecule has 0 saturated heterocycles. The second-order valence-corrected chi connectivity index (χ2v) is 6.22. The van der Waals surface area contributed by atoms with Gasteiger partial charge in [-0.2, -0.15) is 0 Å². The van der Waals surface area contributed by atoms with Crippen molar-refractivity contribution in [3.63, 3.8) is 0 Å². The molecule has 0 saturated carbocycles. The molecule has 0 radical (unpaired) electrons. The van der Waals surface area contributed by atoms with Crippen LogP contribution in [-0.2, 0) is 6.61 Å². The molecule has 27 heavy (non-hydrogen) atoms. The van der Waals surface area contributed by atoms with Crippen molar-refractivity contribution in [2.75, 3.05) is 5.32 Å². The van der Waals surface area contributed by atoms with Crippen LogP contribution in [0.15, 0.2) is 73.3 Å². The third kappa shape index (κ3) is 3.95. The van der Waals surface area contributed by atoms with Crippen molar-refractivity contribution in [2.24, 2.45) is 0 Å². The maximum Gasteiger partial charge on any atom is 0.255 e. The Morgan fingerprint density at radius 1 is 1.15 bits per heavy atom. The molecule has 3 heterocycles. The fraction of sp³-hybridized carbons (Fsp3) is 0.0952. The monoisotopic (exact) mass is 358 g/mol. The average Bonchev–Trinajstić information content (AvgIpc) is 3.09. The normalized spacial score (nSPS) is 10.7. The van der Waals surface area contributed by atoms with Crippen LogP contribution in [0.1, 0.15) is 21.6 Å². The molecule has 0 aliphatic carbocycles. The average molecular weight is 358 g/mol. The number of nitrogens with one attached hydrogen (secondary N) is 1. The molecule has 1 N–H and O–H groups in total. The lowest BCUT2D eigenvalue weighted by atomic mass is 10.2. The summed E-state index contributed by atoms with van der Waals surface area (Å²) in [6.07, 6.45) is 7.23. The molecule has 4 rings (SSSR count). The topological polar surface area (TPSA) is 68.5 Å². The Kier molecular flexibility index (Phi) is 4.53. The van der Waals surface area contributed by atoms with E-state index in [0.717, 1.165) is 11.3 Å². The van der Waals surface area contributed by atoms with Gasteiger partial charge in [0, 0.05) is 24.2 Å². The molecule has 0 aliphatic rings. The van der Waals surface area contributed by atoms with Crippen molar-refractivity contribution in [3.05, 3.63) is 90.1 Å². The summed E-state index contributed by atoms with van der Waals surface area (Å²) in [5.74, 6) is 0.402. The van der Waals surface area contributed by atoms with Gasteiger partial charge in [-0.25, -0.2) is 4.98 Å². The number of aromatic nitrogens is 3. The molecule has 0 atom stereocenters. The number of nitrogens with zero attached hydrogens (tertiary/aromatic N) is 3. The summed E-state index contributed by atoms with van der Waals surface area (Å²) in [5, 5.41) is 2.81. The van der Waals surface area contributed by atoms with Crippen LogP contribution >= 0.6 is 0 Å². The third-order valence-corrected chi connectivity index (χ3v) is 4.05. The summed E-state index contributed by atoms with van der Waals surface area (Å²) in [4.78, 5) is 20.9. The van der Waals surface area contributed by atoms with Crippen LogP contribution in [0, 0.1) is 6.92 Å². The number of fused-ring (bicyclic) bond motifs is 1. The zero-order valence-electron chi connectivity index (χ0n) is 14.8. The number of pyridine rings is 2. The Bertz CT molecular complexity index is 1090. The minimum absolute atomic E-state index is 0.211. The van der Waals surface area contributed by atoms with E-state index in [9.17, 15) is 4.79 Å². The van der Waals surface area contributed by atoms with E-state index in [1.807, 2.05) is 41.9 Å². The van der Waals surface area contributed by atoms with Gasteiger partial charge in [-0.1, -0.05) is 12.1 Å². The first kappa shape index (κ1) is 16.8. The largest absolute Gasteiger partial charge is 0.487 e. The van der Waals surface area contributed by atoms with Gasteiger partial charge < -0.3 is 14.5 Å². The van der Waals surface area contributed by atoms with E-state index in [0.29, 0.717) is 23.6 Å². The Morgan fingerprint density at radius 3 is 2.93 bits per heavy atom. The second kappa shape index (κ2) is 7.29. The summed E-state index contributed by atoms with van der Waals surface area (Å²) in [6, 6.07) is 14.6. The van der Waals surface area contributed by atoms with E-state index < -0.39 is 0 Å². The summed E-state index contributed by atoms with van der Waals surface area (Å²) in [7, 11) is 0. The summed E-state index contributed by atoms with van der Waals surface area (Å²) in [5.41, 5.74) is 4.03. The molecule has 0 fully saturated rings. The molecule has 3 aromatic heterocycles. The number of benzene rings is 1. The molecule has 0 bridgehead atoms. The van der Waals surface area contributed by atoms with E-state index in [1.54, 1.807) is 42.7 Å². The van der Waals surface area contributed by atoms with E-state index in [4.69, 9.17) is 4.74 Å². The lowest BCUT2D eigenvalue weighted by molar-refractivity contribution is 0.102. The molecule has 0 aliphatic heterocycles. The fourth-order valence-corrected chi connectivity index (χ4v) is 2.75. The highest BCUT2D eigenvalue weighted by atomic mass is 16.5. The number of hydrogen-bond acceptors (Lipinski definition) is 4. The van der Waals surface area contributed by atoms with Gasteiger partial charge in [-0.3, -0.25) is 9.78 Å². The first-order valence-electron chi connectivity index (χ1n) is 8.56. The summed E-state index contributed by atoms with van der Waals surface area (Å²) < 4.78 is 7.80. The highest BCUT2D eigenvalue weighted by molar-refractivity contribution is 6.04. The Hall–Kier alpha value is -3.67. The number of carbonyl (C=O) groups is 1. The quantitative estimate of drug-likeness (QED) is 0.588. The first-order chi connectivity index (χ1) is 13.2. The van der Waals surface area contributed by atoms with Gasteiger partial charge in [0.25, 0.3) is 5.91 Å². The highest BCUT2D eigenvalue weighted by Crippen LogP contribution is 2.17. The maximum absolute atomic E-state index is 12.4. The van der Waals surface area contributed by atoms with Crippen LogP contribution in [0.2, 0.25) is 0 Å². The zero-order chi connectivity index (χ0) is 18.6. The Balaban J connectivity index is 1.44. The van der Waals surface area contributed by atoms with Gasteiger partial charge >= 0.3 is 0 Å². The summed E-state index contributed by atoms with van der Waals surface area (Å²) in [6.45, 7) is 2.37. The van der Waals surface area contributed by atoms with Crippen LogP contribution in [0.4, 0.5) is 5.69 Å². The van der Waals surface area contributed by atoms with E-state index in [2.05, 4.69) is 15.3 Å². The van der Waals surface area contributed by atoms with Gasteiger partial charge in [0.15, 0.2) is 0 Å². The molecule has 0 unspecified atom stereocenters. The minimum atomic E-state index is -0.211. The van der Waals surface area contributed by atoms with Gasteiger partial charge in [-0.05, 0) is 48.9 Å². The maximum atomic E-state index is 12.4. The first-order valence-corrected chi connectivity index (χ1v) is 8.56. The SMILES string of the molecule is Cc1ccc2nc(COc3cccc(C(=O)Nc4cccnc4)c3)cn2c1. The van der Waals surface area contributed by atoms with Crippen molar-refractivity contribution in [1.82, 2.24) is 14.4 Å². The van der Waals surface area contributed by atoms with Crippen LogP contribution in [-0.4, -0.2) is 20.3 Å². The molecular formula is C21H18N4O2. The van der Waals surface area contributed by atoms with Gasteiger partial charge in [0.05, 0.1) is 17.6 Å². The molecule has 6 nitrogen and oxygen atoms in total. The van der Waals surface area contributed by atoms with Gasteiger partial charge in [0.1, 0.15) is 18.0 Å². The van der Waals surface area contributed by atoms with E-state index in [-0.39, 0.29) is 5.91 Å². The van der Waals surface area contributed by atoms with E-state index in [1.165, 1.54) is 5.56 Å². The summed E-state index contributed by atoms with van der Waals surface area (Å²) >= 11 is 0. The van der Waals surface area contributed by atoms with Crippen molar-refractivity contribution in [1.29, 1.82) is 0 Å². The number of carbonyl (C=O) groups excluding carboxylic acids is 1. The van der Waals surface area contributed by atoms with Crippen molar-refractivity contribution in [2.45, 2.75) is 13.5 Å². The number of anilines is 1. The lowest BCUT2D eigenvalue weighted by Gasteiger charge is -2.08. The number of amides is 1. The van der Waals surface area contributed by atoms with Gasteiger partial charge in [-0.15, -0.1) is 0 Å². The minimum Gasteiger partial charge on any atom is -0.487 e. The molecule has 4 aromatic rings. The molecule has 6 heteroatoms. The van der Waals surface area contributed by atoms with Crippen LogP contribution in [0.5, 0.6) is 5.75 Å². The smallest absolute Gasteiger partial charge is 0.255 e. The number of imidazole rings is 1. The Labute approximate surface area is 156 Å². The van der Waals surface area contributed by atoms with Crippen molar-refractivity contribution < 1.29 is 9.53 Å². The fourth-order valence-electron chi connectivity index (χ4n) is 2.75.